The molecular weight excluding hydrogens is 1460 g/mol. The first-order valence-electron chi connectivity index (χ1n) is 44.0. The lowest BCUT2D eigenvalue weighted by atomic mass is 10.1. The number of halogens is 3. The number of thioether (sulfide) groups is 3. The van der Waals surface area contributed by atoms with E-state index in [0.29, 0.717) is 62.3 Å². The molecule has 6 aliphatic rings. The van der Waals surface area contributed by atoms with Crippen molar-refractivity contribution >= 4 is 86.2 Å². The number of ether oxygens (including phenoxy) is 3. The summed E-state index contributed by atoms with van der Waals surface area (Å²) in [5, 5.41) is 126. The average molecular weight is 1570 g/mol. The standard InChI is InChI=1S/3C24H31FN6O4S/c3*1-3-8-36-24-27-22(26-16-10-14(16)13-5-4-12(2)15(25)9-13)19-23(28-24)31(30-29-19)17-11-18(35-7-6-32)21(34)20(17)33/h3*4-5,9,14,16-18,20-21,32-34H,3,6-8,10-11H2,1-2H3,(H,26,27,28)/t3*14-,16+,17+,18-,20-,21+/m000/s1/i3D2,6D2,7D2,8D2,14D;3D2,7D2,8D2,14D;10D2,14D. The van der Waals surface area contributed by atoms with Gasteiger partial charge in [0.15, 0.2) is 66.4 Å². The number of benzene rings is 3. The van der Waals surface area contributed by atoms with E-state index < -0.39 is 183 Å². The molecule has 30 nitrogen and oxygen atoms in total. The second-order valence-corrected chi connectivity index (χ2v) is 28.7. The van der Waals surface area contributed by atoms with Crippen LogP contribution in [0.3, 0.4) is 0 Å². The first-order valence-corrected chi connectivity index (χ1v) is 37.1. The van der Waals surface area contributed by atoms with Crippen molar-refractivity contribution in [3.63, 3.8) is 0 Å². The summed E-state index contributed by atoms with van der Waals surface area (Å²) in [5.74, 6) is -4.69. The molecule has 0 aliphatic heterocycles. The van der Waals surface area contributed by atoms with Crippen molar-refractivity contribution in [3.8, 4) is 0 Å². The zero-order chi connectivity index (χ0) is 93.3. The fourth-order valence-electron chi connectivity index (χ4n) is 12.9. The number of rotatable bonds is 30. The average Bonchev–Trinajstić information content (AvgIpc) is 1.51. The first kappa shape index (κ1) is 57.8. The van der Waals surface area contributed by atoms with Gasteiger partial charge in [-0.25, -0.2) is 57.1 Å². The van der Waals surface area contributed by atoms with Crippen molar-refractivity contribution < 1.29 is 99.4 Å². The van der Waals surface area contributed by atoms with Crippen LogP contribution in [0.25, 0.3) is 33.5 Å². The monoisotopic (exact) mass is 1570 g/mol. The number of nitrogens with one attached hydrogen (secondary N) is 3. The molecule has 12 N–H and O–H groups in total. The summed E-state index contributed by atoms with van der Waals surface area (Å²) in [6.45, 7) is -1.40. The summed E-state index contributed by atoms with van der Waals surface area (Å²) in [5.41, 5.74) is -2.19. The highest BCUT2D eigenvalue weighted by Gasteiger charge is 2.49. The number of aliphatic hydroxyl groups is 9. The van der Waals surface area contributed by atoms with Crippen LogP contribution < -0.4 is 16.0 Å². The van der Waals surface area contributed by atoms with Crippen LogP contribution in [0.1, 0.15) is 174 Å². The number of fused-ring (bicyclic) bond motifs is 3. The van der Waals surface area contributed by atoms with E-state index in [2.05, 4.69) is 76.8 Å². The van der Waals surface area contributed by atoms with E-state index in [1.165, 1.54) is 45.4 Å². The van der Waals surface area contributed by atoms with Crippen molar-refractivity contribution in [3.05, 3.63) is 105 Å². The summed E-state index contributed by atoms with van der Waals surface area (Å²) in [7, 11) is 0. The number of aromatic nitrogens is 15. The van der Waals surface area contributed by atoms with Crippen LogP contribution in [-0.2, 0) is 14.2 Å². The molecule has 0 saturated heterocycles. The molecule has 0 spiro atoms. The molecule has 0 unspecified atom stereocenters. The van der Waals surface area contributed by atoms with E-state index in [1.54, 1.807) is 51.1 Å². The molecular formula is C72H93F3N18O12S3. The van der Waals surface area contributed by atoms with Crippen LogP contribution in [0, 0.1) is 38.2 Å². The Morgan fingerprint density at radius 1 is 0.491 bits per heavy atom. The molecule has 6 fully saturated rings. The highest BCUT2D eigenvalue weighted by atomic mass is 32.2. The van der Waals surface area contributed by atoms with Crippen LogP contribution in [0.2, 0.25) is 0 Å². The molecule has 6 aliphatic carbocycles. The van der Waals surface area contributed by atoms with Crippen molar-refractivity contribution in [1.82, 2.24) is 74.9 Å². The third kappa shape index (κ3) is 17.5. The second-order valence-electron chi connectivity index (χ2n) is 26.1. The van der Waals surface area contributed by atoms with Gasteiger partial charge in [0.2, 0.25) is 0 Å². The van der Waals surface area contributed by atoms with Crippen LogP contribution >= 0.6 is 35.3 Å². The number of aryl methyl sites for hydroxylation is 3. The molecule has 6 heterocycles. The lowest BCUT2D eigenvalue weighted by Crippen LogP contribution is -2.33. The van der Waals surface area contributed by atoms with Crippen LogP contribution in [-0.4, -0.2) is 251 Å². The van der Waals surface area contributed by atoms with Gasteiger partial charge >= 0.3 is 0 Å². The Balaban J connectivity index is 0.000000163. The third-order valence-corrected chi connectivity index (χ3v) is 21.3. The molecule has 9 aromatic rings. The minimum absolute atomic E-state index is 0.00133. The van der Waals surface area contributed by atoms with Gasteiger partial charge in [0.25, 0.3) is 0 Å². The maximum Gasteiger partial charge on any atom is 0.191 e. The molecule has 15 rings (SSSR count). The molecule has 108 heavy (non-hydrogen) atoms. The third-order valence-electron chi connectivity index (χ3n) is 18.9. The number of hydrogen-bond acceptors (Lipinski definition) is 30. The number of anilines is 3. The molecule has 0 radical (unpaired) electrons. The molecule has 36 heteroatoms. The van der Waals surface area contributed by atoms with Crippen LogP contribution in [0.5, 0.6) is 0 Å². The molecule has 6 saturated carbocycles. The van der Waals surface area contributed by atoms with Crippen molar-refractivity contribution in [2.24, 2.45) is 0 Å². The number of aliphatic hydroxyl groups excluding tert-OH is 8. The van der Waals surface area contributed by atoms with E-state index in [9.17, 15) is 54.0 Å². The normalized spacial score (nSPS) is 33.6. The van der Waals surface area contributed by atoms with Gasteiger partial charge in [0.05, 0.1) is 84.2 Å². The molecule has 18 atom stereocenters. The van der Waals surface area contributed by atoms with E-state index in [1.807, 2.05) is 6.92 Å². The highest BCUT2D eigenvalue weighted by molar-refractivity contribution is 7.99. The highest BCUT2D eigenvalue weighted by Crippen LogP contribution is 2.48. The van der Waals surface area contributed by atoms with E-state index in [0.717, 1.165) is 25.0 Å². The van der Waals surface area contributed by atoms with E-state index >= 15 is 0 Å². The number of nitrogens with zero attached hydrogens (tertiary/aromatic N) is 15. The van der Waals surface area contributed by atoms with Crippen molar-refractivity contribution in [2.75, 3.05) is 72.6 Å². The predicted octanol–water partition coefficient (Wildman–Crippen LogP) is 6.55. The lowest BCUT2D eigenvalue weighted by Gasteiger charge is -2.17. The van der Waals surface area contributed by atoms with Gasteiger partial charge in [-0.2, -0.15) is 0 Å². The van der Waals surface area contributed by atoms with Gasteiger partial charge in [0.1, 0.15) is 54.1 Å². The van der Waals surface area contributed by atoms with Crippen molar-refractivity contribution in [1.29, 1.82) is 0 Å². The Morgan fingerprint density at radius 2 is 0.870 bits per heavy atom. The molecule has 6 aromatic heterocycles. The predicted molar refractivity (Wildman–Crippen MR) is 398 cm³/mol. The van der Waals surface area contributed by atoms with E-state index in [-0.39, 0.29) is 112 Å². The summed E-state index contributed by atoms with van der Waals surface area (Å²) in [4.78, 5) is 26.5. The topological polar surface area (TPSA) is 415 Å². The Morgan fingerprint density at radius 3 is 1.24 bits per heavy atom. The fraction of sp³-hybridized carbons (Fsp3) is 0.583. The first-order chi connectivity index (χ1) is 59.0. The van der Waals surface area contributed by atoms with Gasteiger partial charge < -0.3 is 76.1 Å². The maximum atomic E-state index is 14.3. The smallest absolute Gasteiger partial charge is 0.191 e. The minimum atomic E-state index is -3.43. The van der Waals surface area contributed by atoms with Crippen LogP contribution in [0.15, 0.2) is 70.1 Å². The molecule has 3 aromatic carbocycles. The zero-order valence-corrected chi connectivity index (χ0v) is 61.2. The second kappa shape index (κ2) is 35.1. The van der Waals surface area contributed by atoms with Gasteiger partial charge in [-0.1, -0.05) is 108 Å². The van der Waals surface area contributed by atoms with Crippen LogP contribution in [0.4, 0.5) is 30.6 Å². The Bertz CT molecular complexity index is 5560. The largest absolute Gasteiger partial charge is 0.394 e. The Hall–Kier alpha value is -7.14. The summed E-state index contributed by atoms with van der Waals surface area (Å²) < 4.78 is 216. The SMILES string of the molecule is [2H]C([2H])(C)C([2H])([2H])Sc1nc(N[C@@H]2C[C@@]2([2H])c2ccc(C)c(F)c2)c2nnn([C@@H]3C[C@H](OC([2H])([2H])C([2H])([2H])O)[C@@H](O)[C@H]3O)c2n1.[2H]C([2H])(CO)O[C@H]1C[C@@H](n2nnc3c(N[C@@H]4C[C@@]4([2H])c4ccc(C)c(F)c4)nc(SC([2H])([2H])C([2H])([2H])C)nc32)[C@H](O)[C@@H]1O.[2H]C1([2H])[C@@H](Nc2nc(SCCC)nc3c2nnn3[C@@H]2C[C@H](OCCO)[C@@H](O)[C@H]2O)[C@]1([2H])c1ccc(C)c(F)c1. The zero-order valence-electron chi connectivity index (χ0n) is 77.7. The van der Waals surface area contributed by atoms with Gasteiger partial charge in [0, 0.05) is 90.1 Å². The Labute approximate surface area is 659 Å². The maximum absolute atomic E-state index is 14.3. The lowest BCUT2D eigenvalue weighted by molar-refractivity contribution is -0.0629. The van der Waals surface area contributed by atoms with E-state index in [4.69, 9.17) is 45.4 Å². The molecule has 582 valence electrons. The summed E-state index contributed by atoms with van der Waals surface area (Å²) in [6, 6.07) is 8.21. The summed E-state index contributed by atoms with van der Waals surface area (Å²) >= 11 is 2.16. The van der Waals surface area contributed by atoms with Gasteiger partial charge in [-0.15, -0.1) is 15.3 Å². The molecule has 0 amide bonds. The minimum Gasteiger partial charge on any atom is -0.394 e. The quantitative estimate of drug-likeness (QED) is 0.0168. The van der Waals surface area contributed by atoms with Gasteiger partial charge in [-0.3, -0.25) is 0 Å². The van der Waals surface area contributed by atoms with Gasteiger partial charge in [-0.05, 0) is 111 Å². The summed E-state index contributed by atoms with van der Waals surface area (Å²) in [6.07, 6.45) is -17.9. The van der Waals surface area contributed by atoms with Crippen molar-refractivity contribution in [2.45, 2.75) is 224 Å². The Kier molecular flexibility index (Phi) is 18.8. The molecule has 0 bridgehead atoms. The number of hydrogen-bond donors (Lipinski definition) is 12. The fourth-order valence-corrected chi connectivity index (χ4v) is 14.6.